The van der Waals surface area contributed by atoms with Gasteiger partial charge in [0.25, 0.3) is 0 Å². The van der Waals surface area contributed by atoms with Crippen molar-refractivity contribution in [2.24, 2.45) is 0 Å². The molecule has 0 amide bonds. The highest BCUT2D eigenvalue weighted by molar-refractivity contribution is 6.17. The topological polar surface area (TPSA) is 16.4 Å². The van der Waals surface area contributed by atoms with Gasteiger partial charge < -0.3 is 9.32 Å². The molecule has 0 N–H and O–H groups in total. The van der Waals surface area contributed by atoms with Crippen molar-refractivity contribution in [3.05, 3.63) is 247 Å². The molecule has 1 heterocycles. The lowest BCUT2D eigenvalue weighted by molar-refractivity contribution is 0.670. The van der Waals surface area contributed by atoms with Crippen molar-refractivity contribution in [1.29, 1.82) is 0 Å². The fourth-order valence-electron chi connectivity index (χ4n) is 10.8. The highest BCUT2D eigenvalue weighted by atomic mass is 16.3. The van der Waals surface area contributed by atoms with E-state index in [0.29, 0.717) is 0 Å². The van der Waals surface area contributed by atoms with Crippen LogP contribution >= 0.6 is 0 Å². The van der Waals surface area contributed by atoms with Gasteiger partial charge in [0, 0.05) is 22.2 Å². The molecular weight excluding hydrogens is 739 g/mol. The maximum absolute atomic E-state index is 6.89. The number of hydrogen-bond acceptors (Lipinski definition) is 2. The number of furan rings is 1. The van der Waals surface area contributed by atoms with Crippen molar-refractivity contribution in [2.75, 3.05) is 4.90 Å². The molecule has 0 bridgehead atoms. The first-order valence-electron chi connectivity index (χ1n) is 21.1. The van der Waals surface area contributed by atoms with Crippen LogP contribution in [0.1, 0.15) is 22.3 Å². The van der Waals surface area contributed by atoms with E-state index in [9.17, 15) is 0 Å². The van der Waals surface area contributed by atoms with E-state index >= 15 is 0 Å². The van der Waals surface area contributed by atoms with E-state index in [4.69, 9.17) is 4.42 Å². The van der Waals surface area contributed by atoms with Crippen molar-refractivity contribution < 1.29 is 4.42 Å². The summed E-state index contributed by atoms with van der Waals surface area (Å²) >= 11 is 0. The molecule has 2 aliphatic rings. The van der Waals surface area contributed by atoms with E-state index in [1.807, 2.05) is 0 Å². The van der Waals surface area contributed by atoms with Gasteiger partial charge in [-0.15, -0.1) is 0 Å². The minimum Gasteiger partial charge on any atom is -0.455 e. The molecule has 0 unspecified atom stereocenters. The Balaban J connectivity index is 1.10. The number of anilines is 3. The third-order valence-electron chi connectivity index (χ3n) is 13.3. The van der Waals surface area contributed by atoms with Crippen LogP contribution in [0.4, 0.5) is 17.1 Å². The molecule has 0 fully saturated rings. The molecule has 0 aliphatic heterocycles. The van der Waals surface area contributed by atoms with Gasteiger partial charge in [-0.2, -0.15) is 0 Å². The molecule has 2 heteroatoms. The second-order valence-electron chi connectivity index (χ2n) is 16.3. The van der Waals surface area contributed by atoms with Gasteiger partial charge in [-0.05, 0) is 96.7 Å². The van der Waals surface area contributed by atoms with Gasteiger partial charge in [-0.25, -0.2) is 0 Å². The fraction of sp³-hybridized carbons (Fsp3) is 0.0169. The Morgan fingerprint density at radius 3 is 1.66 bits per heavy atom. The monoisotopic (exact) mass is 775 g/mol. The Morgan fingerprint density at radius 2 is 0.869 bits per heavy atom. The SMILES string of the molecule is c1ccc(-c2cccc3c2oc2cccc(N(c4ccc(-c5cccc6ccccc56)cc4)c4cccc5c4-c4ccccc4C54c5ccccc5-c5ccccc54)c23)cc1. The van der Waals surface area contributed by atoms with E-state index in [1.165, 1.54) is 66.4 Å². The molecule has 61 heavy (non-hydrogen) atoms. The van der Waals surface area contributed by atoms with Crippen LogP contribution in [0.5, 0.6) is 0 Å². The van der Waals surface area contributed by atoms with Crippen molar-refractivity contribution in [3.8, 4) is 44.5 Å². The van der Waals surface area contributed by atoms with E-state index in [-0.39, 0.29) is 0 Å². The van der Waals surface area contributed by atoms with Crippen molar-refractivity contribution >= 4 is 49.8 Å². The van der Waals surface area contributed by atoms with Gasteiger partial charge in [-0.3, -0.25) is 0 Å². The molecule has 11 aromatic rings. The van der Waals surface area contributed by atoms with Crippen LogP contribution in [0.15, 0.2) is 229 Å². The molecule has 0 atom stereocenters. The van der Waals surface area contributed by atoms with E-state index in [1.54, 1.807) is 0 Å². The summed E-state index contributed by atoms with van der Waals surface area (Å²) in [6.07, 6.45) is 0. The normalized spacial score (nSPS) is 13.0. The molecule has 2 aliphatic carbocycles. The van der Waals surface area contributed by atoms with E-state index in [0.717, 1.165) is 50.1 Å². The number of rotatable bonds is 5. The Hall–Kier alpha value is -7.94. The molecule has 2 nitrogen and oxygen atoms in total. The summed E-state index contributed by atoms with van der Waals surface area (Å²) < 4.78 is 6.89. The molecule has 1 aromatic heterocycles. The van der Waals surface area contributed by atoms with Gasteiger partial charge >= 0.3 is 0 Å². The van der Waals surface area contributed by atoms with Crippen LogP contribution in [0, 0.1) is 0 Å². The molecule has 284 valence electrons. The first-order chi connectivity index (χ1) is 30.3. The highest BCUT2D eigenvalue weighted by Crippen LogP contribution is 2.65. The summed E-state index contributed by atoms with van der Waals surface area (Å²) in [6.45, 7) is 0. The van der Waals surface area contributed by atoms with Gasteiger partial charge in [0.2, 0.25) is 0 Å². The Labute approximate surface area is 354 Å². The van der Waals surface area contributed by atoms with Gasteiger partial charge in [0.15, 0.2) is 0 Å². The standard InChI is InChI=1S/C59H37NO/c1-2-16-39(17-3-1)44-25-13-26-48-57-54(32-15-33-55(57)61-58(44)48)60(41-36-34-40(35-37-41)43-24-12-19-38-18-4-5-20-42(38)43)53-31-14-30-52-56(53)47-23-8-11-29-51(47)59(52)49-27-9-6-21-45(49)46-22-7-10-28-50(46)59/h1-37H. The number of benzene rings is 10. The Kier molecular flexibility index (Phi) is 7.26. The maximum atomic E-state index is 6.89. The molecule has 1 spiro atoms. The Morgan fingerprint density at radius 1 is 0.344 bits per heavy atom. The van der Waals surface area contributed by atoms with Crippen LogP contribution in [0.2, 0.25) is 0 Å². The number of hydrogen-bond donors (Lipinski definition) is 0. The summed E-state index contributed by atoms with van der Waals surface area (Å²) in [5.74, 6) is 0. The van der Waals surface area contributed by atoms with Crippen molar-refractivity contribution in [2.45, 2.75) is 5.41 Å². The minimum atomic E-state index is -0.460. The summed E-state index contributed by atoms with van der Waals surface area (Å²) in [7, 11) is 0. The van der Waals surface area contributed by atoms with Crippen LogP contribution in [-0.4, -0.2) is 0 Å². The van der Waals surface area contributed by atoms with E-state index < -0.39 is 5.41 Å². The molecule has 10 aromatic carbocycles. The second kappa shape index (κ2) is 13.0. The average Bonchev–Trinajstić information content (AvgIpc) is 3.97. The average molecular weight is 776 g/mol. The summed E-state index contributed by atoms with van der Waals surface area (Å²) in [6, 6.07) is 82.1. The van der Waals surface area contributed by atoms with Gasteiger partial charge in [0.1, 0.15) is 11.2 Å². The van der Waals surface area contributed by atoms with Gasteiger partial charge in [-0.1, -0.05) is 194 Å². The lowest BCUT2D eigenvalue weighted by atomic mass is 9.70. The molecule has 0 radical (unpaired) electrons. The first kappa shape index (κ1) is 34.0. The van der Waals surface area contributed by atoms with Crippen LogP contribution < -0.4 is 4.90 Å². The minimum absolute atomic E-state index is 0.460. The molecule has 0 saturated heterocycles. The molecular formula is C59H37NO. The predicted octanol–water partition coefficient (Wildman–Crippen LogP) is 15.9. The third kappa shape index (κ3) is 4.73. The largest absolute Gasteiger partial charge is 0.455 e. The van der Waals surface area contributed by atoms with Crippen molar-refractivity contribution in [1.82, 2.24) is 0 Å². The fourth-order valence-corrected chi connectivity index (χ4v) is 10.8. The lowest BCUT2D eigenvalue weighted by Crippen LogP contribution is -2.26. The number of nitrogens with zero attached hydrogens (tertiary/aromatic N) is 1. The van der Waals surface area contributed by atoms with E-state index in [2.05, 4.69) is 229 Å². The summed E-state index contributed by atoms with van der Waals surface area (Å²) in [5, 5.41) is 4.66. The third-order valence-corrected chi connectivity index (χ3v) is 13.3. The Bertz CT molecular complexity index is 3490. The number of para-hydroxylation sites is 1. The molecule has 0 saturated carbocycles. The molecule has 13 rings (SSSR count). The predicted molar refractivity (Wildman–Crippen MR) is 253 cm³/mol. The van der Waals surface area contributed by atoms with Crippen LogP contribution in [-0.2, 0) is 5.41 Å². The quantitative estimate of drug-likeness (QED) is 0.173. The zero-order valence-electron chi connectivity index (χ0n) is 33.2. The number of fused-ring (bicyclic) bond motifs is 14. The first-order valence-corrected chi connectivity index (χ1v) is 21.1. The van der Waals surface area contributed by atoms with Crippen molar-refractivity contribution in [3.63, 3.8) is 0 Å². The second-order valence-corrected chi connectivity index (χ2v) is 16.3. The van der Waals surface area contributed by atoms with Gasteiger partial charge in [0.05, 0.1) is 22.2 Å². The highest BCUT2D eigenvalue weighted by Gasteiger charge is 2.52. The zero-order chi connectivity index (χ0) is 40.1. The van der Waals surface area contributed by atoms with Crippen LogP contribution in [0.25, 0.3) is 77.2 Å². The van der Waals surface area contributed by atoms with Crippen LogP contribution in [0.3, 0.4) is 0 Å². The smallest absolute Gasteiger partial charge is 0.143 e. The lowest BCUT2D eigenvalue weighted by Gasteiger charge is -2.32. The summed E-state index contributed by atoms with van der Waals surface area (Å²) in [5.41, 5.74) is 19.6. The summed E-state index contributed by atoms with van der Waals surface area (Å²) in [4.78, 5) is 2.49. The zero-order valence-corrected chi connectivity index (χ0v) is 33.2. The maximum Gasteiger partial charge on any atom is 0.143 e.